The van der Waals surface area contributed by atoms with Gasteiger partial charge in [0.2, 0.25) is 0 Å². The zero-order chi connectivity index (χ0) is 7.68. The minimum atomic E-state index is 0.836. The second kappa shape index (κ2) is 2.46. The highest BCUT2D eigenvalue weighted by Gasteiger charge is 2.10. The standard InChI is InChI=1S/C9H11NO/c1-10-8-3-2-7-4-5-11-9(7)6-8/h2-3,6,10H,4-5H2,1H3. The van der Waals surface area contributed by atoms with Gasteiger partial charge in [-0.1, -0.05) is 6.07 Å². The zero-order valence-corrected chi connectivity index (χ0v) is 6.55. The van der Waals surface area contributed by atoms with Crippen LogP contribution in [0.1, 0.15) is 5.56 Å². The van der Waals surface area contributed by atoms with Gasteiger partial charge in [-0.05, 0) is 11.6 Å². The maximum Gasteiger partial charge on any atom is 0.124 e. The van der Waals surface area contributed by atoms with Crippen LogP contribution in [0.25, 0.3) is 0 Å². The van der Waals surface area contributed by atoms with Crippen molar-refractivity contribution >= 4 is 5.69 Å². The van der Waals surface area contributed by atoms with Crippen LogP contribution in [0.3, 0.4) is 0 Å². The normalized spacial score (nSPS) is 13.9. The van der Waals surface area contributed by atoms with Crippen molar-refractivity contribution in [3.63, 3.8) is 0 Å². The van der Waals surface area contributed by atoms with Crippen molar-refractivity contribution in [1.82, 2.24) is 0 Å². The van der Waals surface area contributed by atoms with E-state index in [1.807, 2.05) is 13.1 Å². The Bertz CT molecular complexity index is 270. The van der Waals surface area contributed by atoms with Crippen LogP contribution in [-0.2, 0) is 6.42 Å². The van der Waals surface area contributed by atoms with E-state index < -0.39 is 0 Å². The number of anilines is 1. The van der Waals surface area contributed by atoms with Gasteiger partial charge in [-0.15, -0.1) is 0 Å². The summed E-state index contributed by atoms with van der Waals surface area (Å²) < 4.78 is 5.40. The minimum absolute atomic E-state index is 0.836. The van der Waals surface area contributed by atoms with E-state index in [4.69, 9.17) is 4.74 Å². The molecule has 0 saturated heterocycles. The van der Waals surface area contributed by atoms with Crippen LogP contribution >= 0.6 is 0 Å². The predicted molar refractivity (Wildman–Crippen MR) is 45.2 cm³/mol. The molecule has 0 radical (unpaired) electrons. The Morgan fingerprint density at radius 1 is 1.45 bits per heavy atom. The Morgan fingerprint density at radius 3 is 3.18 bits per heavy atom. The van der Waals surface area contributed by atoms with E-state index >= 15 is 0 Å². The maximum atomic E-state index is 5.40. The van der Waals surface area contributed by atoms with Gasteiger partial charge in [-0.2, -0.15) is 0 Å². The van der Waals surface area contributed by atoms with Crippen LogP contribution < -0.4 is 10.1 Å². The Morgan fingerprint density at radius 2 is 2.36 bits per heavy atom. The first-order valence-corrected chi connectivity index (χ1v) is 3.83. The molecular weight excluding hydrogens is 138 g/mol. The van der Waals surface area contributed by atoms with Gasteiger partial charge in [0.05, 0.1) is 6.61 Å². The summed E-state index contributed by atoms with van der Waals surface area (Å²) in [5.74, 6) is 1.04. The van der Waals surface area contributed by atoms with Gasteiger partial charge in [-0.3, -0.25) is 0 Å². The van der Waals surface area contributed by atoms with Gasteiger partial charge >= 0.3 is 0 Å². The molecule has 0 atom stereocenters. The Hall–Kier alpha value is -1.18. The van der Waals surface area contributed by atoms with E-state index in [0.29, 0.717) is 0 Å². The molecule has 0 unspecified atom stereocenters. The van der Waals surface area contributed by atoms with Crippen LogP contribution in [0.15, 0.2) is 18.2 Å². The molecule has 11 heavy (non-hydrogen) atoms. The fourth-order valence-corrected chi connectivity index (χ4v) is 1.32. The minimum Gasteiger partial charge on any atom is -0.493 e. The summed E-state index contributed by atoms with van der Waals surface area (Å²) in [7, 11) is 1.91. The Kier molecular flexibility index (Phi) is 1.46. The molecule has 0 spiro atoms. The van der Waals surface area contributed by atoms with Gasteiger partial charge in [0.1, 0.15) is 5.75 Å². The topological polar surface area (TPSA) is 21.3 Å². The largest absolute Gasteiger partial charge is 0.493 e. The number of hydrogen-bond acceptors (Lipinski definition) is 2. The summed E-state index contributed by atoms with van der Waals surface area (Å²) in [4.78, 5) is 0. The van der Waals surface area contributed by atoms with Crippen LogP contribution in [0, 0.1) is 0 Å². The van der Waals surface area contributed by atoms with Gasteiger partial charge in [-0.25, -0.2) is 0 Å². The van der Waals surface area contributed by atoms with E-state index in [-0.39, 0.29) is 0 Å². The molecule has 1 aromatic rings. The van der Waals surface area contributed by atoms with Crippen molar-refractivity contribution in [3.8, 4) is 5.75 Å². The molecule has 1 aliphatic heterocycles. The molecule has 2 heteroatoms. The second-order valence-corrected chi connectivity index (χ2v) is 2.67. The number of benzene rings is 1. The quantitative estimate of drug-likeness (QED) is 0.655. The van der Waals surface area contributed by atoms with Crippen molar-refractivity contribution in [1.29, 1.82) is 0 Å². The average Bonchev–Trinajstić information content (AvgIpc) is 2.50. The molecular formula is C9H11NO. The van der Waals surface area contributed by atoms with E-state index in [0.717, 1.165) is 24.5 Å². The Balaban J connectivity index is 2.41. The molecule has 0 saturated carbocycles. The third-order valence-corrected chi connectivity index (χ3v) is 1.98. The first kappa shape index (κ1) is 6.53. The van der Waals surface area contributed by atoms with Crippen LogP contribution in [-0.4, -0.2) is 13.7 Å². The zero-order valence-electron chi connectivity index (χ0n) is 6.55. The number of fused-ring (bicyclic) bond motifs is 1. The molecule has 58 valence electrons. The number of nitrogens with one attached hydrogen (secondary N) is 1. The summed E-state index contributed by atoms with van der Waals surface area (Å²) in [6, 6.07) is 6.24. The molecule has 0 fully saturated rings. The fraction of sp³-hybridized carbons (Fsp3) is 0.333. The second-order valence-electron chi connectivity index (χ2n) is 2.67. The van der Waals surface area contributed by atoms with Gasteiger partial charge in [0, 0.05) is 25.2 Å². The monoisotopic (exact) mass is 149 g/mol. The van der Waals surface area contributed by atoms with Gasteiger partial charge in [0.15, 0.2) is 0 Å². The van der Waals surface area contributed by atoms with Crippen molar-refractivity contribution in [2.24, 2.45) is 0 Å². The molecule has 1 aromatic carbocycles. The van der Waals surface area contributed by atoms with Gasteiger partial charge in [0.25, 0.3) is 0 Å². The van der Waals surface area contributed by atoms with Gasteiger partial charge < -0.3 is 10.1 Å². The van der Waals surface area contributed by atoms with Crippen LogP contribution in [0.4, 0.5) is 5.69 Å². The van der Waals surface area contributed by atoms with Crippen molar-refractivity contribution < 1.29 is 4.74 Å². The third-order valence-electron chi connectivity index (χ3n) is 1.98. The lowest BCUT2D eigenvalue weighted by Gasteiger charge is -2.02. The summed E-state index contributed by atoms with van der Waals surface area (Å²) in [5, 5.41) is 3.08. The Labute approximate surface area is 66.2 Å². The number of ether oxygens (including phenoxy) is 1. The lowest BCUT2D eigenvalue weighted by molar-refractivity contribution is 0.357. The molecule has 2 rings (SSSR count). The fourth-order valence-electron chi connectivity index (χ4n) is 1.32. The van der Waals surface area contributed by atoms with E-state index in [1.165, 1.54) is 5.56 Å². The number of rotatable bonds is 1. The first-order valence-electron chi connectivity index (χ1n) is 3.83. The predicted octanol–water partition coefficient (Wildman–Crippen LogP) is 1.66. The summed E-state index contributed by atoms with van der Waals surface area (Å²) in [6.07, 6.45) is 1.05. The lowest BCUT2D eigenvalue weighted by atomic mass is 10.1. The van der Waals surface area contributed by atoms with Crippen molar-refractivity contribution in [2.75, 3.05) is 19.0 Å². The van der Waals surface area contributed by atoms with Crippen molar-refractivity contribution in [2.45, 2.75) is 6.42 Å². The smallest absolute Gasteiger partial charge is 0.124 e. The van der Waals surface area contributed by atoms with E-state index in [1.54, 1.807) is 0 Å². The molecule has 1 N–H and O–H groups in total. The molecule has 2 nitrogen and oxygen atoms in total. The van der Waals surface area contributed by atoms with E-state index in [2.05, 4.69) is 17.4 Å². The van der Waals surface area contributed by atoms with Crippen LogP contribution in [0.2, 0.25) is 0 Å². The first-order chi connectivity index (χ1) is 5.40. The average molecular weight is 149 g/mol. The highest BCUT2D eigenvalue weighted by Crippen LogP contribution is 2.27. The molecule has 0 amide bonds. The number of hydrogen-bond donors (Lipinski definition) is 1. The molecule has 1 aliphatic rings. The summed E-state index contributed by atoms with van der Waals surface area (Å²) in [5.41, 5.74) is 2.44. The molecule has 0 bridgehead atoms. The highest BCUT2D eigenvalue weighted by atomic mass is 16.5. The molecule has 0 aliphatic carbocycles. The molecule has 1 heterocycles. The van der Waals surface area contributed by atoms with Crippen molar-refractivity contribution in [3.05, 3.63) is 23.8 Å². The SMILES string of the molecule is CNc1ccc2c(c1)OCC2. The van der Waals surface area contributed by atoms with E-state index in [9.17, 15) is 0 Å². The lowest BCUT2D eigenvalue weighted by Crippen LogP contribution is -1.88. The summed E-state index contributed by atoms with van der Waals surface area (Å²) >= 11 is 0. The highest BCUT2D eigenvalue weighted by molar-refractivity contribution is 5.52. The molecule has 0 aromatic heterocycles. The van der Waals surface area contributed by atoms with Crippen LogP contribution in [0.5, 0.6) is 5.75 Å². The maximum absolute atomic E-state index is 5.40. The third kappa shape index (κ3) is 1.04. The summed E-state index contributed by atoms with van der Waals surface area (Å²) in [6.45, 7) is 0.836.